The number of hydrogen-bond donors (Lipinski definition) is 2. The van der Waals surface area contributed by atoms with Crippen LogP contribution in [0.5, 0.6) is 0 Å². The molecular formula is C32H39FN8O3. The number of pyridine rings is 2. The Morgan fingerprint density at radius 1 is 1.14 bits per heavy atom. The molecule has 1 fully saturated rings. The van der Waals surface area contributed by atoms with Gasteiger partial charge in [-0.25, -0.2) is 9.37 Å². The average molecular weight is 603 g/mol. The number of halogens is 1. The van der Waals surface area contributed by atoms with Crippen LogP contribution in [0.15, 0.2) is 52.3 Å². The van der Waals surface area contributed by atoms with Gasteiger partial charge in [-0.15, -0.1) is 0 Å². The quantitative estimate of drug-likeness (QED) is 0.221. The van der Waals surface area contributed by atoms with Crippen molar-refractivity contribution >= 4 is 17.3 Å². The number of unbranched alkanes of at least 4 members (excludes halogenated alkanes) is 2. The molecule has 0 unspecified atom stereocenters. The van der Waals surface area contributed by atoms with Gasteiger partial charge < -0.3 is 19.9 Å². The van der Waals surface area contributed by atoms with Crippen molar-refractivity contribution in [1.29, 1.82) is 5.26 Å². The van der Waals surface area contributed by atoms with E-state index in [2.05, 4.69) is 22.2 Å². The summed E-state index contributed by atoms with van der Waals surface area (Å²) >= 11 is 0. The third-order valence-electron chi connectivity index (χ3n) is 8.34. The number of aliphatic hydroxyl groups is 1. The lowest BCUT2D eigenvalue weighted by molar-refractivity contribution is 0.262. The lowest BCUT2D eigenvalue weighted by Crippen LogP contribution is -2.40. The Kier molecular flexibility index (Phi) is 10.1. The summed E-state index contributed by atoms with van der Waals surface area (Å²) in [5.74, 6) is 0.807. The molecule has 0 aromatic carbocycles. The summed E-state index contributed by atoms with van der Waals surface area (Å²) in [6, 6.07) is 9.90. The van der Waals surface area contributed by atoms with Gasteiger partial charge in [-0.2, -0.15) is 14.9 Å². The van der Waals surface area contributed by atoms with Gasteiger partial charge in [-0.3, -0.25) is 14.2 Å². The Morgan fingerprint density at radius 3 is 2.77 bits per heavy atom. The van der Waals surface area contributed by atoms with E-state index >= 15 is 0 Å². The normalized spacial score (nSPS) is 15.0. The number of hydrogen-bond acceptors (Lipinski definition) is 8. The van der Waals surface area contributed by atoms with Crippen LogP contribution in [-0.2, 0) is 26.1 Å². The smallest absolute Gasteiger partial charge is 0.287 e. The van der Waals surface area contributed by atoms with Gasteiger partial charge in [0.1, 0.15) is 23.4 Å². The van der Waals surface area contributed by atoms with E-state index in [1.54, 1.807) is 10.6 Å². The predicted molar refractivity (Wildman–Crippen MR) is 166 cm³/mol. The van der Waals surface area contributed by atoms with Crippen LogP contribution in [0.3, 0.4) is 0 Å². The van der Waals surface area contributed by atoms with E-state index in [0.29, 0.717) is 38.8 Å². The standard InChI is InChI=1S/C32H39FN8O3/c1-2-24-21-36-41-28(18-29(37-31(24)41)39-15-7-4-8-25(39)13-17-42)35-20-23-9-12-30(43)38(22-23)14-5-3-6-16-40-26(19-34)10-11-27(33)32(40)44/h9-12,18,21-22,25,35,42H,2-8,13-17,20H2,1H3/t25-/m0/s1. The van der Waals surface area contributed by atoms with Crippen LogP contribution in [0.1, 0.15) is 68.7 Å². The number of anilines is 2. The average Bonchev–Trinajstić information content (AvgIpc) is 3.46. The minimum Gasteiger partial charge on any atom is -0.396 e. The van der Waals surface area contributed by atoms with Gasteiger partial charge in [0.05, 0.1) is 6.20 Å². The van der Waals surface area contributed by atoms with Crippen molar-refractivity contribution in [2.75, 3.05) is 23.4 Å². The number of fused-ring (bicyclic) bond motifs is 1. The highest BCUT2D eigenvalue weighted by Crippen LogP contribution is 2.29. The van der Waals surface area contributed by atoms with Crippen LogP contribution in [0, 0.1) is 17.1 Å². The van der Waals surface area contributed by atoms with E-state index in [-0.39, 0.29) is 30.4 Å². The number of nitriles is 1. The molecule has 1 atom stereocenters. The summed E-state index contributed by atoms with van der Waals surface area (Å²) in [4.78, 5) is 32.0. The van der Waals surface area contributed by atoms with Crippen LogP contribution in [0.25, 0.3) is 5.65 Å². The highest BCUT2D eigenvalue weighted by atomic mass is 19.1. The lowest BCUT2D eigenvalue weighted by atomic mass is 9.99. The molecule has 0 radical (unpaired) electrons. The molecule has 44 heavy (non-hydrogen) atoms. The van der Waals surface area contributed by atoms with Crippen molar-refractivity contribution in [3.8, 4) is 6.07 Å². The van der Waals surface area contributed by atoms with Crippen LogP contribution in [0.4, 0.5) is 16.0 Å². The fraction of sp³-hybridized carbons (Fsp3) is 0.469. The Hall–Kier alpha value is -4.50. The third kappa shape index (κ3) is 6.83. The maximum Gasteiger partial charge on any atom is 0.287 e. The third-order valence-corrected chi connectivity index (χ3v) is 8.34. The first-order chi connectivity index (χ1) is 21.4. The van der Waals surface area contributed by atoms with Gasteiger partial charge in [-0.1, -0.05) is 13.0 Å². The first-order valence-corrected chi connectivity index (χ1v) is 15.4. The predicted octanol–water partition coefficient (Wildman–Crippen LogP) is 3.85. The topological polar surface area (TPSA) is 133 Å². The molecule has 2 N–H and O–H groups in total. The van der Waals surface area contributed by atoms with Gasteiger partial charge in [0.15, 0.2) is 11.5 Å². The van der Waals surface area contributed by atoms with E-state index in [1.165, 1.54) is 6.07 Å². The number of nitrogens with zero attached hydrogens (tertiary/aromatic N) is 7. The second-order valence-corrected chi connectivity index (χ2v) is 11.2. The molecule has 232 valence electrons. The molecule has 4 aromatic rings. The Morgan fingerprint density at radius 2 is 1.98 bits per heavy atom. The zero-order valence-electron chi connectivity index (χ0n) is 25.1. The molecule has 1 aliphatic rings. The maximum absolute atomic E-state index is 13.7. The second kappa shape index (κ2) is 14.3. The molecular weight excluding hydrogens is 563 g/mol. The fourth-order valence-corrected chi connectivity index (χ4v) is 5.92. The molecule has 0 amide bonds. The van der Waals surface area contributed by atoms with Gasteiger partial charge >= 0.3 is 0 Å². The summed E-state index contributed by atoms with van der Waals surface area (Å²) in [5.41, 5.74) is 2.04. The first-order valence-electron chi connectivity index (χ1n) is 15.4. The van der Waals surface area contributed by atoms with E-state index in [4.69, 9.17) is 4.98 Å². The molecule has 4 aromatic heterocycles. The van der Waals surface area contributed by atoms with Crippen molar-refractivity contribution < 1.29 is 9.50 Å². The molecule has 1 aliphatic heterocycles. The van der Waals surface area contributed by atoms with Crippen molar-refractivity contribution in [2.45, 2.75) is 84.0 Å². The fourth-order valence-electron chi connectivity index (χ4n) is 5.92. The Balaban J connectivity index is 1.26. The largest absolute Gasteiger partial charge is 0.396 e. The molecule has 1 saturated heterocycles. The minimum atomic E-state index is -0.875. The summed E-state index contributed by atoms with van der Waals surface area (Å²) in [6.07, 6.45) is 10.4. The minimum absolute atomic E-state index is 0.102. The first kappa shape index (κ1) is 30.9. The molecule has 11 nitrogen and oxygen atoms in total. The summed E-state index contributed by atoms with van der Waals surface area (Å²) in [7, 11) is 0. The van der Waals surface area contributed by atoms with E-state index in [9.17, 15) is 24.3 Å². The van der Waals surface area contributed by atoms with E-state index in [0.717, 1.165) is 71.3 Å². The Bertz CT molecular complexity index is 1750. The number of rotatable bonds is 13. The zero-order valence-corrected chi connectivity index (χ0v) is 25.1. The monoisotopic (exact) mass is 602 g/mol. The number of nitrogens with one attached hydrogen (secondary N) is 1. The van der Waals surface area contributed by atoms with E-state index < -0.39 is 11.4 Å². The molecule has 0 bridgehead atoms. The summed E-state index contributed by atoms with van der Waals surface area (Å²) < 4.78 is 18.3. The van der Waals surface area contributed by atoms with Crippen LogP contribution in [0.2, 0.25) is 0 Å². The molecule has 12 heteroatoms. The Labute approximate surface area is 255 Å². The molecule has 0 aliphatic carbocycles. The van der Waals surface area contributed by atoms with Gasteiger partial charge in [0.25, 0.3) is 11.1 Å². The molecule has 0 saturated carbocycles. The van der Waals surface area contributed by atoms with Gasteiger partial charge in [0, 0.05) is 62.7 Å². The van der Waals surface area contributed by atoms with Crippen LogP contribution in [-0.4, -0.2) is 48.0 Å². The number of aryl methyl sites for hydroxylation is 2. The SMILES string of the molecule is CCc1cnn2c(NCc3ccc(=O)n(CCCCCn4c(C#N)ccc(F)c4=O)c3)cc(N3CCCC[C@H]3CCO)nc12. The number of aromatic nitrogens is 5. The van der Waals surface area contributed by atoms with Crippen molar-refractivity contribution in [1.82, 2.24) is 23.7 Å². The molecule has 0 spiro atoms. The van der Waals surface area contributed by atoms with E-state index in [1.807, 2.05) is 35.1 Å². The summed E-state index contributed by atoms with van der Waals surface area (Å²) in [6.45, 7) is 4.34. The lowest BCUT2D eigenvalue weighted by Gasteiger charge is -2.36. The maximum atomic E-state index is 13.7. The number of piperidine rings is 1. The number of aliphatic hydroxyl groups excluding tert-OH is 1. The van der Waals surface area contributed by atoms with Crippen LogP contribution < -0.4 is 21.3 Å². The van der Waals surface area contributed by atoms with Crippen molar-refractivity contribution in [3.05, 3.63) is 86.1 Å². The van der Waals surface area contributed by atoms with Crippen LogP contribution >= 0.6 is 0 Å². The molecule has 5 heterocycles. The second-order valence-electron chi connectivity index (χ2n) is 11.2. The summed E-state index contributed by atoms with van der Waals surface area (Å²) in [5, 5.41) is 27.0. The molecule has 5 rings (SSSR count). The van der Waals surface area contributed by atoms with Gasteiger partial charge in [-0.05, 0) is 69.1 Å². The highest BCUT2D eigenvalue weighted by molar-refractivity contribution is 5.61. The highest BCUT2D eigenvalue weighted by Gasteiger charge is 2.25. The zero-order chi connectivity index (χ0) is 31.1. The van der Waals surface area contributed by atoms with Crippen molar-refractivity contribution in [3.63, 3.8) is 0 Å². The van der Waals surface area contributed by atoms with Crippen molar-refractivity contribution in [2.24, 2.45) is 0 Å². The van der Waals surface area contributed by atoms with Gasteiger partial charge in [0.2, 0.25) is 0 Å².